The van der Waals surface area contributed by atoms with E-state index in [4.69, 9.17) is 10.3 Å². The molecule has 1 atom stereocenters. The Bertz CT molecular complexity index is 651. The van der Waals surface area contributed by atoms with Gasteiger partial charge in [0.05, 0.1) is 0 Å². The lowest BCUT2D eigenvalue weighted by molar-refractivity contribution is 0.367. The molecule has 0 bridgehead atoms. The Kier molecular flexibility index (Phi) is 3.04. The molecule has 2 heterocycles. The number of nitrogens with zero attached hydrogens (tertiary/aromatic N) is 3. The molecule has 0 saturated heterocycles. The van der Waals surface area contributed by atoms with Crippen molar-refractivity contribution < 1.29 is 4.52 Å². The van der Waals surface area contributed by atoms with Crippen LogP contribution in [0.25, 0.3) is 11.4 Å². The highest BCUT2D eigenvalue weighted by atomic mass is 16.5. The van der Waals surface area contributed by atoms with E-state index >= 15 is 0 Å². The molecule has 0 radical (unpaired) electrons. The van der Waals surface area contributed by atoms with Gasteiger partial charge in [0.15, 0.2) is 0 Å². The third kappa shape index (κ3) is 2.36. The molecule has 19 heavy (non-hydrogen) atoms. The SMILES string of the molecule is N[C@H](c1ccccc1)c1nc(-c2ccncc2)no1. The van der Waals surface area contributed by atoms with Crippen molar-refractivity contribution >= 4 is 0 Å². The Morgan fingerprint density at radius 3 is 2.47 bits per heavy atom. The average molecular weight is 252 g/mol. The van der Waals surface area contributed by atoms with Gasteiger partial charge < -0.3 is 10.3 Å². The molecule has 2 aromatic heterocycles. The normalized spacial score (nSPS) is 12.3. The molecule has 1 aromatic carbocycles. The highest BCUT2D eigenvalue weighted by Gasteiger charge is 2.17. The summed E-state index contributed by atoms with van der Waals surface area (Å²) >= 11 is 0. The lowest BCUT2D eigenvalue weighted by Gasteiger charge is -2.05. The van der Waals surface area contributed by atoms with Crippen LogP contribution in [0, 0.1) is 0 Å². The molecule has 5 nitrogen and oxygen atoms in total. The number of rotatable bonds is 3. The summed E-state index contributed by atoms with van der Waals surface area (Å²) < 4.78 is 5.23. The lowest BCUT2D eigenvalue weighted by atomic mass is 10.1. The predicted molar refractivity (Wildman–Crippen MR) is 70.0 cm³/mol. The van der Waals surface area contributed by atoms with Crippen molar-refractivity contribution in [3.63, 3.8) is 0 Å². The number of nitrogens with two attached hydrogens (primary N) is 1. The van der Waals surface area contributed by atoms with Crippen molar-refractivity contribution in [3.05, 3.63) is 66.3 Å². The summed E-state index contributed by atoms with van der Waals surface area (Å²) in [5.74, 6) is 0.918. The van der Waals surface area contributed by atoms with Gasteiger partial charge in [-0.2, -0.15) is 4.98 Å². The Morgan fingerprint density at radius 2 is 1.74 bits per heavy atom. The molecule has 0 spiro atoms. The first kappa shape index (κ1) is 11.6. The minimum absolute atomic E-state index is 0.401. The summed E-state index contributed by atoms with van der Waals surface area (Å²) in [6, 6.07) is 12.9. The quantitative estimate of drug-likeness (QED) is 0.773. The molecule has 0 unspecified atom stereocenters. The summed E-state index contributed by atoms with van der Waals surface area (Å²) in [7, 11) is 0. The number of hydrogen-bond acceptors (Lipinski definition) is 5. The Morgan fingerprint density at radius 1 is 1.00 bits per heavy atom. The molecule has 2 N–H and O–H groups in total. The van der Waals surface area contributed by atoms with Crippen LogP contribution in [0.2, 0.25) is 0 Å². The number of hydrogen-bond donors (Lipinski definition) is 1. The zero-order chi connectivity index (χ0) is 13.1. The van der Waals surface area contributed by atoms with Crippen LogP contribution in [0.5, 0.6) is 0 Å². The van der Waals surface area contributed by atoms with Crippen LogP contribution in [0.4, 0.5) is 0 Å². The van der Waals surface area contributed by atoms with E-state index in [9.17, 15) is 0 Å². The van der Waals surface area contributed by atoms with Crippen LogP contribution >= 0.6 is 0 Å². The van der Waals surface area contributed by atoms with E-state index in [0.717, 1.165) is 11.1 Å². The standard InChI is InChI=1S/C14H12N4O/c15-12(10-4-2-1-3-5-10)14-17-13(18-19-14)11-6-8-16-9-7-11/h1-9,12H,15H2/t12-/m1/s1. The van der Waals surface area contributed by atoms with Gasteiger partial charge in [-0.3, -0.25) is 4.98 Å². The molecule has 0 aliphatic rings. The van der Waals surface area contributed by atoms with Gasteiger partial charge in [-0.05, 0) is 17.7 Å². The van der Waals surface area contributed by atoms with Crippen LogP contribution in [0.3, 0.4) is 0 Å². The van der Waals surface area contributed by atoms with Gasteiger partial charge in [-0.1, -0.05) is 35.5 Å². The summed E-state index contributed by atoms with van der Waals surface area (Å²) in [4.78, 5) is 8.28. The molecule has 3 rings (SSSR count). The van der Waals surface area contributed by atoms with Gasteiger partial charge in [0.1, 0.15) is 6.04 Å². The molecule has 94 valence electrons. The van der Waals surface area contributed by atoms with Gasteiger partial charge in [0.2, 0.25) is 11.7 Å². The molecule has 3 aromatic rings. The first-order valence-corrected chi connectivity index (χ1v) is 5.89. The predicted octanol–water partition coefficient (Wildman–Crippen LogP) is 2.18. The highest BCUT2D eigenvalue weighted by molar-refractivity contribution is 5.52. The molecule has 0 aliphatic heterocycles. The topological polar surface area (TPSA) is 77.8 Å². The van der Waals surface area contributed by atoms with Crippen LogP contribution < -0.4 is 5.73 Å². The van der Waals surface area contributed by atoms with Crippen LogP contribution in [-0.4, -0.2) is 15.1 Å². The molecular formula is C14H12N4O. The van der Waals surface area contributed by atoms with Gasteiger partial charge in [-0.15, -0.1) is 0 Å². The van der Waals surface area contributed by atoms with Crippen molar-refractivity contribution in [1.82, 2.24) is 15.1 Å². The Balaban J connectivity index is 1.90. The van der Waals surface area contributed by atoms with Gasteiger partial charge >= 0.3 is 0 Å². The molecule has 0 saturated carbocycles. The van der Waals surface area contributed by atoms with E-state index in [0.29, 0.717) is 11.7 Å². The highest BCUT2D eigenvalue weighted by Crippen LogP contribution is 2.21. The van der Waals surface area contributed by atoms with E-state index in [2.05, 4.69) is 15.1 Å². The lowest BCUT2D eigenvalue weighted by Crippen LogP contribution is -2.11. The molecule has 5 heteroatoms. The Labute approximate surface area is 110 Å². The molecular weight excluding hydrogens is 240 g/mol. The first-order valence-electron chi connectivity index (χ1n) is 5.89. The second-order valence-electron chi connectivity index (χ2n) is 4.08. The van der Waals surface area contributed by atoms with Crippen molar-refractivity contribution in [2.24, 2.45) is 5.73 Å². The van der Waals surface area contributed by atoms with Crippen LogP contribution in [0.1, 0.15) is 17.5 Å². The molecule has 0 fully saturated rings. The van der Waals surface area contributed by atoms with E-state index in [-0.39, 0.29) is 0 Å². The van der Waals surface area contributed by atoms with Crippen molar-refractivity contribution in [3.8, 4) is 11.4 Å². The first-order chi connectivity index (χ1) is 9.34. The average Bonchev–Trinajstić information content (AvgIpc) is 2.98. The summed E-state index contributed by atoms with van der Waals surface area (Å²) in [5.41, 5.74) is 7.89. The fraction of sp³-hybridized carbons (Fsp3) is 0.0714. The molecule has 0 aliphatic carbocycles. The molecule has 0 amide bonds. The number of aromatic nitrogens is 3. The zero-order valence-electron chi connectivity index (χ0n) is 10.1. The fourth-order valence-corrected chi connectivity index (χ4v) is 1.78. The minimum Gasteiger partial charge on any atom is -0.337 e. The van der Waals surface area contributed by atoms with Gasteiger partial charge in [0.25, 0.3) is 0 Å². The number of pyridine rings is 1. The summed E-state index contributed by atoms with van der Waals surface area (Å²) in [5, 5.41) is 3.94. The summed E-state index contributed by atoms with van der Waals surface area (Å²) in [6.07, 6.45) is 3.37. The van der Waals surface area contributed by atoms with Crippen LogP contribution in [0.15, 0.2) is 59.4 Å². The van der Waals surface area contributed by atoms with E-state index < -0.39 is 6.04 Å². The fourth-order valence-electron chi connectivity index (χ4n) is 1.78. The van der Waals surface area contributed by atoms with Crippen LogP contribution in [-0.2, 0) is 0 Å². The second kappa shape index (κ2) is 4.99. The third-order valence-corrected chi connectivity index (χ3v) is 2.80. The monoisotopic (exact) mass is 252 g/mol. The second-order valence-corrected chi connectivity index (χ2v) is 4.08. The smallest absolute Gasteiger partial charge is 0.248 e. The number of benzene rings is 1. The maximum Gasteiger partial charge on any atom is 0.248 e. The van der Waals surface area contributed by atoms with Gasteiger partial charge in [-0.25, -0.2) is 0 Å². The minimum atomic E-state index is -0.413. The van der Waals surface area contributed by atoms with Gasteiger partial charge in [0, 0.05) is 18.0 Å². The van der Waals surface area contributed by atoms with E-state index in [1.165, 1.54) is 0 Å². The zero-order valence-corrected chi connectivity index (χ0v) is 10.1. The summed E-state index contributed by atoms with van der Waals surface area (Å²) in [6.45, 7) is 0. The van der Waals surface area contributed by atoms with Crippen molar-refractivity contribution in [2.45, 2.75) is 6.04 Å². The van der Waals surface area contributed by atoms with Crippen molar-refractivity contribution in [2.75, 3.05) is 0 Å². The van der Waals surface area contributed by atoms with Crippen molar-refractivity contribution in [1.29, 1.82) is 0 Å². The Hall–Kier alpha value is -2.53. The third-order valence-electron chi connectivity index (χ3n) is 2.80. The van der Waals surface area contributed by atoms with E-state index in [1.54, 1.807) is 12.4 Å². The maximum absolute atomic E-state index is 6.10. The van der Waals surface area contributed by atoms with E-state index in [1.807, 2.05) is 42.5 Å². The maximum atomic E-state index is 6.10. The largest absolute Gasteiger partial charge is 0.337 e.